The van der Waals surface area contributed by atoms with Crippen LogP contribution in [0.1, 0.15) is 47.9 Å². The van der Waals surface area contributed by atoms with Crippen LogP contribution in [0, 0.1) is 0 Å². The molecule has 0 spiro atoms. The number of hydrogen-bond acceptors (Lipinski definition) is 18. The first-order chi connectivity index (χ1) is 50.6. The average Bonchev–Trinajstić information content (AvgIpc) is 1.60. The number of likely N-dealkylation sites (N-methyl/N-ethyl adjacent to an activating group) is 3. The van der Waals surface area contributed by atoms with Crippen LogP contribution in [0.4, 0.5) is 8.78 Å². The van der Waals surface area contributed by atoms with Gasteiger partial charge in [-0.1, -0.05) is 144 Å². The maximum Gasteiger partial charge on any atom is 0.286 e. The Morgan fingerprint density at radius 1 is 0.452 bits per heavy atom. The Kier molecular flexibility index (Phi) is 22.8. The highest BCUT2D eigenvalue weighted by Crippen LogP contribution is 2.42. The summed E-state index contributed by atoms with van der Waals surface area (Å²) >= 11 is 20.9. The number of benzene rings is 4. The number of piperazine rings is 3. The molecule has 16 rings (SSSR count). The zero-order valence-electron chi connectivity index (χ0n) is 59.1. The minimum atomic E-state index is -3.07. The fraction of sp³-hybridized carbons (Fsp3) is 0.390. The summed E-state index contributed by atoms with van der Waals surface area (Å²) < 4.78 is 39.3. The average molecular weight is 1470 g/mol. The third kappa shape index (κ3) is 16.4. The molecule has 4 fully saturated rings. The number of hydrogen-bond donors (Lipinski definition) is 0. The molecule has 5 aliphatic rings. The lowest BCUT2D eigenvalue weighted by Gasteiger charge is -2.32. The van der Waals surface area contributed by atoms with E-state index in [9.17, 15) is 13.6 Å². The Hall–Kier alpha value is -8.66. The number of likely N-dealkylation sites (tertiary alicyclic amines) is 1. The van der Waals surface area contributed by atoms with Crippen molar-refractivity contribution in [1.29, 1.82) is 0 Å². The van der Waals surface area contributed by atoms with Gasteiger partial charge in [-0.15, -0.1) is 30.6 Å². The summed E-state index contributed by atoms with van der Waals surface area (Å²) in [6.07, 6.45) is 6.42. The molecule has 0 unspecified atom stereocenters. The monoisotopic (exact) mass is 1460 g/mol. The number of ether oxygens (including phenoxy) is 1. The van der Waals surface area contributed by atoms with Gasteiger partial charge in [-0.25, -0.2) is 14.0 Å². The van der Waals surface area contributed by atoms with Gasteiger partial charge in [0.1, 0.15) is 34.2 Å². The van der Waals surface area contributed by atoms with E-state index in [1.165, 1.54) is 17.8 Å². The number of aromatic nitrogens is 13. The van der Waals surface area contributed by atoms with E-state index < -0.39 is 5.92 Å². The zero-order valence-corrected chi connectivity index (χ0v) is 61.4. The van der Waals surface area contributed by atoms with Crippen molar-refractivity contribution < 1.29 is 18.3 Å². The molecule has 27 heteroatoms. The van der Waals surface area contributed by atoms with Crippen LogP contribution >= 0.6 is 34.8 Å². The van der Waals surface area contributed by atoms with Gasteiger partial charge in [0.15, 0.2) is 16.9 Å². The largest absolute Gasteiger partial charge is 0.377 e. The van der Waals surface area contributed by atoms with Crippen molar-refractivity contribution in [1.82, 2.24) is 99.2 Å². The Morgan fingerprint density at radius 3 is 1.25 bits per heavy atom. The van der Waals surface area contributed by atoms with Crippen molar-refractivity contribution in [2.24, 2.45) is 0 Å². The highest BCUT2D eigenvalue weighted by Gasteiger charge is 2.31. The molecule has 104 heavy (non-hydrogen) atoms. The topological polar surface area (TPSA) is 193 Å². The van der Waals surface area contributed by atoms with Gasteiger partial charge in [0, 0.05) is 158 Å². The highest BCUT2D eigenvalue weighted by molar-refractivity contribution is 6.39. The fourth-order valence-corrected chi connectivity index (χ4v) is 14.8. The van der Waals surface area contributed by atoms with Crippen LogP contribution in [0.3, 0.4) is 0 Å². The lowest BCUT2D eigenvalue weighted by molar-refractivity contribution is 0.0128. The molecule has 4 aromatic carbocycles. The normalized spacial score (nSPS) is 17.0. The minimum absolute atomic E-state index is 0.0685. The van der Waals surface area contributed by atoms with Crippen LogP contribution in [0.5, 0.6) is 0 Å². The number of halogens is 5. The SMILES string of the molecule is CN1CCN(CCn2nc(-c3cccc(C(=O)N4CCCC4)c3)c3c(Cl)c(-c4ccccc4)nnc32)CC1.CN1CCN(CCn2nc(-c3ccnc(C(C)(F)F)c3)c3c(Cl)c(-c4ccccc4)nnc32)CC1.CN1CCN(CCn2nc(C3=CCOCC3)c3c(Cl)c(-c4ccccc4)nnc32)CC1. The first-order valence-corrected chi connectivity index (χ1v) is 36.9. The summed E-state index contributed by atoms with van der Waals surface area (Å²) in [5, 5.41) is 45.7. The molecule has 540 valence electrons. The number of fused-ring (bicyclic) bond motifs is 3. The van der Waals surface area contributed by atoms with Crippen molar-refractivity contribution in [3.05, 3.63) is 172 Å². The third-order valence-corrected chi connectivity index (χ3v) is 21.2. The Morgan fingerprint density at radius 2 is 0.846 bits per heavy atom. The summed E-state index contributed by atoms with van der Waals surface area (Å²) in [4.78, 5) is 33.3. The first kappa shape index (κ1) is 72.3. The highest BCUT2D eigenvalue weighted by atomic mass is 35.5. The van der Waals surface area contributed by atoms with Crippen molar-refractivity contribution in [2.75, 3.05) is 146 Å². The van der Waals surface area contributed by atoms with Crippen molar-refractivity contribution >= 4 is 79.4 Å². The van der Waals surface area contributed by atoms with Crippen LogP contribution in [0.15, 0.2) is 140 Å². The second kappa shape index (κ2) is 32.8. The summed E-state index contributed by atoms with van der Waals surface area (Å²) in [5.74, 6) is -3.01. The van der Waals surface area contributed by atoms with E-state index in [2.05, 4.69) is 92.2 Å². The molecule has 0 N–H and O–H groups in total. The summed E-state index contributed by atoms with van der Waals surface area (Å²) in [7, 11) is 6.46. The molecular weight excluding hydrogens is 1380 g/mol. The maximum atomic E-state index is 14.0. The van der Waals surface area contributed by atoms with E-state index >= 15 is 0 Å². The Bertz CT molecular complexity index is 4810. The molecule has 0 bridgehead atoms. The van der Waals surface area contributed by atoms with Gasteiger partial charge in [0.25, 0.3) is 11.8 Å². The van der Waals surface area contributed by atoms with Gasteiger partial charge >= 0.3 is 0 Å². The van der Waals surface area contributed by atoms with Crippen LogP contribution in [0.2, 0.25) is 15.1 Å². The van der Waals surface area contributed by atoms with Gasteiger partial charge in [0.05, 0.1) is 69.8 Å². The molecule has 4 saturated heterocycles. The molecule has 0 saturated carbocycles. The summed E-state index contributed by atoms with van der Waals surface area (Å²) in [6.45, 7) is 20.9. The van der Waals surface area contributed by atoms with E-state index in [1.54, 1.807) is 10.7 Å². The first-order valence-electron chi connectivity index (χ1n) is 35.8. The molecule has 0 atom stereocenters. The number of carbonyl (C=O) groups excluding carboxylic acids is 1. The fourth-order valence-electron chi connectivity index (χ4n) is 13.9. The van der Waals surface area contributed by atoms with Gasteiger partial charge in [-0.2, -0.15) is 24.1 Å². The number of alkyl halides is 2. The smallest absolute Gasteiger partial charge is 0.286 e. The van der Waals surface area contributed by atoms with Gasteiger partial charge in [-0.05, 0) is 70.2 Å². The molecule has 11 aromatic rings. The molecule has 22 nitrogen and oxygen atoms in total. The zero-order chi connectivity index (χ0) is 71.8. The van der Waals surface area contributed by atoms with Crippen LogP contribution in [-0.2, 0) is 30.3 Å². The summed E-state index contributed by atoms with van der Waals surface area (Å²) in [5.41, 5.74) is 11.5. The predicted octanol–water partition coefficient (Wildman–Crippen LogP) is 12.1. The molecule has 7 aromatic heterocycles. The van der Waals surface area contributed by atoms with E-state index in [0.717, 1.165) is 194 Å². The molecule has 0 radical (unpaired) electrons. The number of pyridine rings is 1. The molecule has 1 amide bonds. The standard InChI is InChI=1S/C29H32ClN7O.C25H26ClF2N7.C23H27ClN6O/c1-34-14-16-35(17-15-34)18-19-37-28-24(25(30)27(31-32-28)21-8-3-2-4-9-21)26(33-37)22-10-7-11-23(20-22)29(38)36-12-5-6-13-36;1-25(27,28)19-16-18(8-9-29-19)22-20-21(26)23(17-6-4-3-5-7-17)30-31-24(20)35(32-22)15-14-34-12-10-33(2)11-13-34;1-28-9-11-29(12-10-28)13-14-30-23-19(21(27-30)18-7-15-31-16-8-18)20(24)22(25-26-23)17-5-3-2-4-6-17/h2-4,7-11,20H,5-6,12-19H2,1H3;3-9,16H,10-15H2,1-2H3;2-7H,8-16H2,1H3. The lowest BCUT2D eigenvalue weighted by atomic mass is 10.0. The minimum Gasteiger partial charge on any atom is -0.377 e. The van der Waals surface area contributed by atoms with Crippen LogP contribution < -0.4 is 0 Å². The lowest BCUT2D eigenvalue weighted by Crippen LogP contribution is -2.45. The van der Waals surface area contributed by atoms with E-state index in [1.807, 2.05) is 130 Å². The van der Waals surface area contributed by atoms with Crippen molar-refractivity contribution in [3.8, 4) is 56.3 Å². The van der Waals surface area contributed by atoms with Gasteiger partial charge < -0.3 is 24.3 Å². The van der Waals surface area contributed by atoms with Crippen LogP contribution in [-0.4, -0.2) is 251 Å². The van der Waals surface area contributed by atoms with E-state index in [0.29, 0.717) is 92.0 Å². The maximum absolute atomic E-state index is 14.0. The molecular formula is C77H85Cl3F2N20O2. The number of carbonyl (C=O) groups is 1. The Labute approximate surface area is 618 Å². The van der Waals surface area contributed by atoms with Crippen LogP contribution in [0.25, 0.3) is 95.0 Å². The Balaban J connectivity index is 0.000000132. The second-order valence-corrected chi connectivity index (χ2v) is 28.5. The molecule has 5 aliphatic heterocycles. The summed E-state index contributed by atoms with van der Waals surface area (Å²) in [6, 6.07) is 40.1. The van der Waals surface area contributed by atoms with E-state index in [-0.39, 0.29) is 11.6 Å². The predicted molar refractivity (Wildman–Crippen MR) is 406 cm³/mol. The third-order valence-electron chi connectivity index (χ3n) is 20.1. The van der Waals surface area contributed by atoms with Crippen molar-refractivity contribution in [3.63, 3.8) is 0 Å². The second-order valence-electron chi connectivity index (χ2n) is 27.4. The number of rotatable bonds is 17. The number of nitrogens with zero attached hydrogens (tertiary/aromatic N) is 20. The number of amides is 1. The van der Waals surface area contributed by atoms with Crippen molar-refractivity contribution in [2.45, 2.75) is 51.7 Å². The van der Waals surface area contributed by atoms with Gasteiger partial charge in [0.2, 0.25) is 0 Å². The van der Waals surface area contributed by atoms with E-state index in [4.69, 9.17) is 54.8 Å². The molecule has 12 heterocycles. The van der Waals surface area contributed by atoms with Gasteiger partial charge in [-0.3, -0.25) is 24.5 Å². The molecule has 0 aliphatic carbocycles. The quantitative estimate of drug-likeness (QED) is 0.0835.